The van der Waals surface area contributed by atoms with Crippen molar-refractivity contribution in [3.05, 3.63) is 64.7 Å². The van der Waals surface area contributed by atoms with E-state index in [0.29, 0.717) is 6.54 Å². The number of benzene rings is 2. The van der Waals surface area contributed by atoms with Gasteiger partial charge >= 0.3 is 6.09 Å². The summed E-state index contributed by atoms with van der Waals surface area (Å²) in [4.78, 5) is 42.9. The van der Waals surface area contributed by atoms with Crippen molar-refractivity contribution in [1.82, 2.24) is 15.5 Å². The molecule has 1 aliphatic carbocycles. The van der Waals surface area contributed by atoms with E-state index in [-0.39, 0.29) is 30.0 Å². The van der Waals surface area contributed by atoms with Gasteiger partial charge in [-0.3, -0.25) is 9.59 Å². The first-order valence-corrected chi connectivity index (χ1v) is 14.3. The van der Waals surface area contributed by atoms with Gasteiger partial charge in [-0.15, -0.1) is 0 Å². The molecule has 0 bridgehead atoms. The van der Waals surface area contributed by atoms with Gasteiger partial charge < -0.3 is 25.4 Å². The minimum atomic E-state index is -0.975. The first-order chi connectivity index (χ1) is 18.9. The summed E-state index contributed by atoms with van der Waals surface area (Å²) >= 11 is 0. The molecule has 2 atom stereocenters. The topological polar surface area (TPSA) is 108 Å². The number of phenols is 1. The number of hydrogen-bond acceptors (Lipinski definition) is 5. The molecule has 2 unspecified atom stereocenters. The molecule has 1 saturated carbocycles. The van der Waals surface area contributed by atoms with Crippen LogP contribution in [0, 0.1) is 13.8 Å². The number of aryl methyl sites for hydroxylation is 2. The smallest absolute Gasteiger partial charge is 0.408 e. The molecular formula is C32H45N3O5. The molecule has 0 heterocycles. The van der Waals surface area contributed by atoms with Gasteiger partial charge in [-0.2, -0.15) is 0 Å². The molecule has 0 aromatic heterocycles. The van der Waals surface area contributed by atoms with E-state index in [0.717, 1.165) is 54.4 Å². The van der Waals surface area contributed by atoms with Crippen LogP contribution in [0.4, 0.5) is 4.79 Å². The molecule has 0 radical (unpaired) electrons. The first-order valence-electron chi connectivity index (χ1n) is 14.3. The lowest BCUT2D eigenvalue weighted by molar-refractivity contribution is -0.147. The van der Waals surface area contributed by atoms with E-state index in [4.69, 9.17) is 4.74 Å². The van der Waals surface area contributed by atoms with E-state index in [1.54, 1.807) is 49.9 Å². The Hall–Kier alpha value is -3.55. The molecule has 218 valence electrons. The number of hydrogen-bond donors (Lipinski definition) is 3. The molecule has 40 heavy (non-hydrogen) atoms. The van der Waals surface area contributed by atoms with Crippen LogP contribution in [0.25, 0.3) is 0 Å². The van der Waals surface area contributed by atoms with Crippen molar-refractivity contribution in [1.29, 1.82) is 0 Å². The number of aromatic hydroxyl groups is 1. The van der Waals surface area contributed by atoms with Gasteiger partial charge in [-0.25, -0.2) is 4.79 Å². The van der Waals surface area contributed by atoms with Crippen LogP contribution in [0.1, 0.15) is 88.1 Å². The normalized spacial score (nSPS) is 14.9. The van der Waals surface area contributed by atoms with E-state index in [1.165, 1.54) is 0 Å². The van der Waals surface area contributed by atoms with Crippen LogP contribution in [-0.2, 0) is 20.7 Å². The van der Waals surface area contributed by atoms with Crippen molar-refractivity contribution in [2.24, 2.45) is 0 Å². The fourth-order valence-corrected chi connectivity index (χ4v) is 4.97. The quantitative estimate of drug-likeness (QED) is 0.321. The van der Waals surface area contributed by atoms with Crippen LogP contribution in [0.15, 0.2) is 42.5 Å². The molecule has 2 aromatic carbocycles. The van der Waals surface area contributed by atoms with E-state index in [1.807, 2.05) is 32.0 Å². The molecule has 0 saturated heterocycles. The average molecular weight is 552 g/mol. The molecule has 1 aliphatic rings. The lowest BCUT2D eigenvalue weighted by atomic mass is 9.87. The third-order valence-electron chi connectivity index (χ3n) is 7.00. The predicted molar refractivity (Wildman–Crippen MR) is 156 cm³/mol. The Bertz CT molecular complexity index is 1150. The van der Waals surface area contributed by atoms with E-state index in [9.17, 15) is 19.5 Å². The van der Waals surface area contributed by atoms with E-state index < -0.39 is 23.8 Å². The highest BCUT2D eigenvalue weighted by Crippen LogP contribution is 2.34. The second kappa shape index (κ2) is 13.7. The van der Waals surface area contributed by atoms with Crippen molar-refractivity contribution >= 4 is 17.9 Å². The Morgan fingerprint density at radius 2 is 1.68 bits per heavy atom. The number of nitrogens with zero attached hydrogens (tertiary/aromatic N) is 1. The Kier molecular flexibility index (Phi) is 10.6. The minimum absolute atomic E-state index is 0.112. The van der Waals surface area contributed by atoms with E-state index in [2.05, 4.69) is 17.6 Å². The van der Waals surface area contributed by atoms with Crippen LogP contribution in [0.2, 0.25) is 0 Å². The fourth-order valence-electron chi connectivity index (χ4n) is 4.97. The fraction of sp³-hybridized carbons (Fsp3) is 0.531. The van der Waals surface area contributed by atoms with Crippen molar-refractivity contribution in [2.75, 3.05) is 6.54 Å². The first kappa shape index (κ1) is 31.0. The SMILES string of the molecule is CCCCNC(=O)C(c1cc(C)cc(C)c1)N(C(=O)C(Cc1ccc(O)cc1)NC(=O)OC(C)(C)C)C1CCC1. The highest BCUT2D eigenvalue weighted by Gasteiger charge is 2.42. The highest BCUT2D eigenvalue weighted by atomic mass is 16.6. The van der Waals surface area contributed by atoms with Crippen molar-refractivity contribution in [3.63, 3.8) is 0 Å². The molecule has 2 aromatic rings. The molecule has 3 N–H and O–H groups in total. The summed E-state index contributed by atoms with van der Waals surface area (Å²) < 4.78 is 5.51. The van der Waals surface area contributed by atoms with Crippen LogP contribution in [0.3, 0.4) is 0 Å². The monoisotopic (exact) mass is 551 g/mol. The van der Waals surface area contributed by atoms with E-state index >= 15 is 0 Å². The lowest BCUT2D eigenvalue weighted by Gasteiger charge is -2.43. The van der Waals surface area contributed by atoms with Gasteiger partial charge in [0, 0.05) is 19.0 Å². The number of amides is 3. The number of carbonyl (C=O) groups excluding carboxylic acids is 3. The van der Waals surface area contributed by atoms with Gasteiger partial charge in [0.25, 0.3) is 0 Å². The van der Waals surface area contributed by atoms with Crippen molar-refractivity contribution in [3.8, 4) is 5.75 Å². The zero-order valence-corrected chi connectivity index (χ0v) is 24.8. The Labute approximate surface area is 238 Å². The summed E-state index contributed by atoms with van der Waals surface area (Å²) in [5.41, 5.74) is 2.79. The average Bonchev–Trinajstić information content (AvgIpc) is 2.81. The van der Waals surface area contributed by atoms with Gasteiger partial charge in [0.2, 0.25) is 11.8 Å². The van der Waals surface area contributed by atoms with Crippen LogP contribution in [-0.4, -0.2) is 52.1 Å². The zero-order chi connectivity index (χ0) is 29.4. The van der Waals surface area contributed by atoms with Gasteiger partial charge in [0.05, 0.1) is 0 Å². The number of unbranched alkanes of at least 4 members (excludes halogenated alkanes) is 1. The summed E-state index contributed by atoms with van der Waals surface area (Å²) in [6, 6.07) is 10.6. The second-order valence-corrected chi connectivity index (χ2v) is 11.9. The number of ether oxygens (including phenoxy) is 1. The number of phenolic OH excluding ortho intramolecular Hbond substituents is 1. The van der Waals surface area contributed by atoms with Crippen LogP contribution < -0.4 is 10.6 Å². The molecule has 3 rings (SSSR count). The molecule has 8 nitrogen and oxygen atoms in total. The zero-order valence-electron chi connectivity index (χ0n) is 24.8. The summed E-state index contributed by atoms with van der Waals surface area (Å²) in [6.45, 7) is 11.8. The number of nitrogens with one attached hydrogen (secondary N) is 2. The number of alkyl carbamates (subject to hydrolysis) is 1. The Balaban J connectivity index is 2.04. The molecule has 1 fully saturated rings. The highest BCUT2D eigenvalue weighted by molar-refractivity contribution is 5.92. The minimum Gasteiger partial charge on any atom is -0.508 e. The maximum absolute atomic E-state index is 14.5. The van der Waals surface area contributed by atoms with Crippen molar-refractivity contribution in [2.45, 2.75) is 104 Å². The molecule has 3 amide bonds. The largest absolute Gasteiger partial charge is 0.508 e. The predicted octanol–water partition coefficient (Wildman–Crippen LogP) is 5.48. The van der Waals surface area contributed by atoms with Gasteiger partial charge in [0.15, 0.2) is 0 Å². The maximum atomic E-state index is 14.5. The third-order valence-corrected chi connectivity index (χ3v) is 7.00. The standard InChI is InChI=1S/C32H45N3O5/c1-7-8-16-33-29(37)28(24-18-21(2)17-22(3)19-24)35(25-10-9-11-25)30(38)27(34-31(39)40-32(4,5)6)20-23-12-14-26(36)15-13-23/h12-15,17-19,25,27-28,36H,7-11,16,20H2,1-6H3,(H,33,37)(H,34,39). The summed E-state index contributed by atoms with van der Waals surface area (Å²) in [5, 5.41) is 15.6. The Morgan fingerprint density at radius 1 is 1.05 bits per heavy atom. The second-order valence-electron chi connectivity index (χ2n) is 11.9. The Morgan fingerprint density at radius 3 is 2.20 bits per heavy atom. The molecule has 8 heteroatoms. The molecular weight excluding hydrogens is 506 g/mol. The molecule has 0 spiro atoms. The van der Waals surface area contributed by atoms with Crippen LogP contribution >= 0.6 is 0 Å². The van der Waals surface area contributed by atoms with Gasteiger partial charge in [0.1, 0.15) is 23.4 Å². The lowest BCUT2D eigenvalue weighted by Crippen LogP contribution is -2.58. The van der Waals surface area contributed by atoms with Crippen LogP contribution in [0.5, 0.6) is 5.75 Å². The maximum Gasteiger partial charge on any atom is 0.408 e. The summed E-state index contributed by atoms with van der Waals surface area (Å²) in [6.07, 6.45) is 3.79. The summed E-state index contributed by atoms with van der Waals surface area (Å²) in [7, 11) is 0. The van der Waals surface area contributed by atoms with Gasteiger partial charge in [-0.1, -0.05) is 54.8 Å². The molecule has 0 aliphatic heterocycles. The number of carbonyl (C=O) groups is 3. The third kappa shape index (κ3) is 8.73. The number of rotatable bonds is 11. The van der Waals surface area contributed by atoms with Crippen molar-refractivity contribution < 1.29 is 24.2 Å². The summed E-state index contributed by atoms with van der Waals surface area (Å²) in [5.74, 6) is -0.445. The van der Waals surface area contributed by atoms with Gasteiger partial charge in [-0.05, 0) is 83.6 Å².